The van der Waals surface area contributed by atoms with Crippen LogP contribution < -0.4 is 16.1 Å². The zero-order chi connectivity index (χ0) is 19.9. The van der Waals surface area contributed by atoms with Gasteiger partial charge in [0.1, 0.15) is 0 Å². The van der Waals surface area contributed by atoms with Crippen LogP contribution in [0.15, 0.2) is 23.3 Å². The Kier molecular flexibility index (Phi) is 3.84. The van der Waals surface area contributed by atoms with Gasteiger partial charge < -0.3 is 15.6 Å². The van der Waals surface area contributed by atoms with Crippen molar-refractivity contribution < 1.29 is 19.6 Å². The molecule has 1 aromatic carbocycles. The van der Waals surface area contributed by atoms with Crippen molar-refractivity contribution >= 4 is 34.2 Å². The number of H-pyrrole nitrogens is 1. The van der Waals surface area contributed by atoms with E-state index < -0.39 is 49.1 Å². The molecular formula is C11H6N8O8. The van der Waals surface area contributed by atoms with Gasteiger partial charge in [0.15, 0.2) is 5.52 Å². The first-order valence-corrected chi connectivity index (χ1v) is 6.72. The van der Waals surface area contributed by atoms with Crippen molar-refractivity contribution in [3.8, 4) is 5.75 Å². The van der Waals surface area contributed by atoms with Crippen LogP contribution in [0.5, 0.6) is 5.75 Å². The number of nitrogens with one attached hydrogen (secondary N) is 1. The molecule has 0 atom stereocenters. The van der Waals surface area contributed by atoms with Gasteiger partial charge in [-0.15, -0.1) is 4.73 Å². The number of nitrogen functional groups attached to an aromatic ring is 1. The van der Waals surface area contributed by atoms with Crippen LogP contribution in [-0.2, 0) is 0 Å². The molecule has 0 aliphatic carbocycles. The highest BCUT2D eigenvalue weighted by Crippen LogP contribution is 2.41. The van der Waals surface area contributed by atoms with Crippen molar-refractivity contribution in [2.45, 2.75) is 0 Å². The summed E-state index contributed by atoms with van der Waals surface area (Å²) in [6.45, 7) is 0. The number of aromatic nitrogens is 4. The highest BCUT2D eigenvalue weighted by molar-refractivity contribution is 5.71. The lowest BCUT2D eigenvalue weighted by Gasteiger charge is -2.11. The van der Waals surface area contributed by atoms with E-state index in [1.807, 2.05) is 0 Å². The number of hydrogen-bond acceptors (Lipinski definition) is 11. The third-order valence-corrected chi connectivity index (χ3v) is 3.27. The van der Waals surface area contributed by atoms with Crippen LogP contribution >= 0.6 is 0 Å². The van der Waals surface area contributed by atoms with Crippen LogP contribution in [0.2, 0.25) is 0 Å². The number of non-ortho nitro benzene ring substituents is 1. The molecule has 0 unspecified atom stereocenters. The third-order valence-electron chi connectivity index (χ3n) is 3.27. The van der Waals surface area contributed by atoms with E-state index in [2.05, 4.69) is 15.0 Å². The number of aromatic amines is 1. The van der Waals surface area contributed by atoms with Crippen LogP contribution in [0, 0.1) is 30.3 Å². The van der Waals surface area contributed by atoms with E-state index in [1.54, 1.807) is 0 Å². The Morgan fingerprint density at radius 2 is 1.67 bits per heavy atom. The van der Waals surface area contributed by atoms with Gasteiger partial charge in [0.25, 0.3) is 5.69 Å². The SMILES string of the molecule is Nc1nc(=O)c2[nH]cnc2n1Oc1c([N+](=O)[O-])cc([N+](=O)[O-])cc1[N+](=O)[O-]. The summed E-state index contributed by atoms with van der Waals surface area (Å²) in [6.07, 6.45) is 1.08. The highest BCUT2D eigenvalue weighted by Gasteiger charge is 2.34. The zero-order valence-electron chi connectivity index (χ0n) is 12.8. The van der Waals surface area contributed by atoms with E-state index >= 15 is 0 Å². The Bertz CT molecular complexity index is 1150. The topological polar surface area (TPSA) is 228 Å². The normalized spacial score (nSPS) is 10.7. The molecule has 27 heavy (non-hydrogen) atoms. The van der Waals surface area contributed by atoms with Crippen molar-refractivity contribution in [2.75, 3.05) is 5.73 Å². The van der Waals surface area contributed by atoms with Crippen LogP contribution in [0.4, 0.5) is 23.0 Å². The number of imidazole rings is 1. The summed E-state index contributed by atoms with van der Waals surface area (Å²) in [5.41, 5.74) is 1.26. The Morgan fingerprint density at radius 1 is 1.07 bits per heavy atom. The maximum atomic E-state index is 11.7. The number of nitrogens with two attached hydrogens (primary N) is 1. The number of rotatable bonds is 5. The lowest BCUT2D eigenvalue weighted by Crippen LogP contribution is -2.21. The number of hydrogen-bond donors (Lipinski definition) is 2. The molecule has 16 heteroatoms. The first kappa shape index (κ1) is 17.2. The number of nitro benzene ring substituents is 3. The van der Waals surface area contributed by atoms with E-state index in [1.165, 1.54) is 0 Å². The molecule has 0 aliphatic heterocycles. The standard InChI is InChI=1S/C11H6N8O8/c12-11-15-10(20)7-9(14-3-13-7)16(11)27-8-5(18(23)24)1-4(17(21)22)2-6(8)19(25)26/h1-3H,(H,13,14)(H2,12,15,20). The van der Waals surface area contributed by atoms with E-state index in [0.717, 1.165) is 6.33 Å². The Morgan fingerprint density at radius 3 is 2.19 bits per heavy atom. The summed E-state index contributed by atoms with van der Waals surface area (Å²) in [5.74, 6) is -1.57. The summed E-state index contributed by atoms with van der Waals surface area (Å²) in [6, 6.07) is 0.965. The quantitative estimate of drug-likeness (QED) is 0.452. The molecule has 138 valence electrons. The van der Waals surface area contributed by atoms with E-state index in [0.29, 0.717) is 16.9 Å². The average Bonchev–Trinajstić information content (AvgIpc) is 3.07. The molecule has 2 heterocycles. The molecule has 0 saturated heterocycles. The number of nitro groups is 3. The monoisotopic (exact) mass is 378 g/mol. The molecule has 0 fully saturated rings. The average molecular weight is 378 g/mol. The van der Waals surface area contributed by atoms with Gasteiger partial charge in [0.2, 0.25) is 11.6 Å². The van der Waals surface area contributed by atoms with E-state index in [-0.39, 0.29) is 11.2 Å². The molecule has 0 radical (unpaired) electrons. The second kappa shape index (κ2) is 6.02. The predicted octanol–water partition coefficient (Wildman–Crippen LogP) is 0.268. The van der Waals surface area contributed by atoms with Crippen molar-refractivity contribution in [2.24, 2.45) is 0 Å². The molecule has 3 aromatic rings. The maximum Gasteiger partial charge on any atom is 0.328 e. The third kappa shape index (κ3) is 2.81. The molecule has 0 saturated carbocycles. The second-order valence-electron chi connectivity index (χ2n) is 4.85. The molecule has 3 rings (SSSR count). The summed E-state index contributed by atoms with van der Waals surface area (Å²) in [5, 5.41) is 33.4. The first-order valence-electron chi connectivity index (χ1n) is 6.72. The van der Waals surface area contributed by atoms with Crippen LogP contribution in [0.25, 0.3) is 11.2 Å². The molecule has 0 bridgehead atoms. The fourth-order valence-corrected chi connectivity index (χ4v) is 2.15. The van der Waals surface area contributed by atoms with Gasteiger partial charge in [0.05, 0.1) is 33.2 Å². The van der Waals surface area contributed by atoms with Gasteiger partial charge in [0, 0.05) is 0 Å². The molecule has 0 aliphatic rings. The van der Waals surface area contributed by atoms with Gasteiger partial charge in [-0.05, 0) is 0 Å². The Labute approximate surface area is 145 Å². The highest BCUT2D eigenvalue weighted by atomic mass is 16.7. The van der Waals surface area contributed by atoms with Gasteiger partial charge in [-0.2, -0.15) is 4.98 Å². The van der Waals surface area contributed by atoms with E-state index in [9.17, 15) is 35.1 Å². The molecular weight excluding hydrogens is 372 g/mol. The van der Waals surface area contributed by atoms with Gasteiger partial charge in [-0.25, -0.2) is 4.98 Å². The second-order valence-corrected chi connectivity index (χ2v) is 4.85. The molecule has 3 N–H and O–H groups in total. The minimum atomic E-state index is -1.11. The Balaban J connectivity index is 2.31. The number of fused-ring (bicyclic) bond motifs is 1. The minimum Gasteiger partial charge on any atom is -0.367 e. The fourth-order valence-electron chi connectivity index (χ4n) is 2.15. The fraction of sp³-hybridized carbons (Fsp3) is 0. The van der Waals surface area contributed by atoms with Crippen molar-refractivity contribution in [3.63, 3.8) is 0 Å². The lowest BCUT2D eigenvalue weighted by atomic mass is 10.2. The number of anilines is 1. The zero-order valence-corrected chi connectivity index (χ0v) is 12.8. The van der Waals surface area contributed by atoms with Crippen molar-refractivity contribution in [3.05, 3.63) is 59.2 Å². The van der Waals surface area contributed by atoms with Gasteiger partial charge >= 0.3 is 22.7 Å². The van der Waals surface area contributed by atoms with E-state index in [4.69, 9.17) is 10.6 Å². The smallest absolute Gasteiger partial charge is 0.328 e. The van der Waals surface area contributed by atoms with Crippen molar-refractivity contribution in [1.82, 2.24) is 19.7 Å². The maximum absolute atomic E-state index is 11.7. The minimum absolute atomic E-state index is 0.184. The Hall–Kier alpha value is -4.63. The van der Waals surface area contributed by atoms with Gasteiger partial charge in [-0.1, -0.05) is 0 Å². The molecule has 2 aromatic heterocycles. The number of benzene rings is 1. The van der Waals surface area contributed by atoms with Crippen LogP contribution in [-0.4, -0.2) is 34.5 Å². The summed E-state index contributed by atoms with van der Waals surface area (Å²) >= 11 is 0. The number of nitrogens with zero attached hydrogens (tertiary/aromatic N) is 6. The first-order chi connectivity index (χ1) is 12.7. The lowest BCUT2D eigenvalue weighted by molar-refractivity contribution is -0.404. The largest absolute Gasteiger partial charge is 0.367 e. The van der Waals surface area contributed by atoms with Crippen molar-refractivity contribution in [1.29, 1.82) is 0 Å². The molecule has 0 amide bonds. The van der Waals surface area contributed by atoms with Crippen LogP contribution in [0.3, 0.4) is 0 Å². The summed E-state index contributed by atoms with van der Waals surface area (Å²) < 4.78 is 0.550. The summed E-state index contributed by atoms with van der Waals surface area (Å²) in [7, 11) is 0. The molecule has 0 spiro atoms. The molecule has 16 nitrogen and oxygen atoms in total. The predicted molar refractivity (Wildman–Crippen MR) is 85.0 cm³/mol. The van der Waals surface area contributed by atoms with Gasteiger partial charge in [-0.3, -0.25) is 35.1 Å². The van der Waals surface area contributed by atoms with Crippen LogP contribution in [0.1, 0.15) is 0 Å². The summed E-state index contributed by atoms with van der Waals surface area (Å²) in [4.78, 5) is 56.6.